The van der Waals surface area contributed by atoms with Crippen LogP contribution in [0.4, 0.5) is 0 Å². The minimum absolute atomic E-state index is 0.0723. The Morgan fingerprint density at radius 3 is 2.02 bits per heavy atom. The van der Waals surface area contributed by atoms with E-state index in [4.69, 9.17) is 42.6 Å². The zero-order chi connectivity index (χ0) is 49.0. The highest BCUT2D eigenvalue weighted by atomic mass is 16.7. The molecule has 0 amide bonds. The molecular formula is C45H54N2O19. The van der Waals surface area contributed by atoms with E-state index in [1.165, 1.54) is 53.1 Å². The number of hydrogen-bond acceptors (Lipinski definition) is 20. The molecule has 358 valence electrons. The number of ether oxygens (including phenoxy) is 9. The van der Waals surface area contributed by atoms with Crippen LogP contribution in [0.5, 0.6) is 0 Å². The molecule has 4 bridgehead atoms. The number of fused-ring (bicyclic) bond motifs is 5. The largest absolute Gasteiger partial charge is 0.465 e. The molecule has 2 aliphatic carbocycles. The first-order valence-corrected chi connectivity index (χ1v) is 21.2. The number of esters is 8. The number of nitrogens with zero attached hydrogens (tertiary/aromatic N) is 2. The van der Waals surface area contributed by atoms with Gasteiger partial charge in [0, 0.05) is 59.1 Å². The van der Waals surface area contributed by atoms with E-state index in [2.05, 4.69) is 4.98 Å². The highest BCUT2D eigenvalue weighted by Gasteiger charge is 2.92. The molecule has 2 saturated carbocycles. The third kappa shape index (κ3) is 8.09. The molecular weight excluding hydrogens is 872 g/mol. The summed E-state index contributed by atoms with van der Waals surface area (Å²) in [5.41, 5.74) is -11.4. The number of carbonyl (C=O) groups excluding carboxylic acids is 8. The van der Waals surface area contributed by atoms with E-state index in [0.29, 0.717) is 0 Å². The lowest BCUT2D eigenvalue weighted by atomic mass is 9.45. The van der Waals surface area contributed by atoms with Crippen molar-refractivity contribution in [2.75, 3.05) is 13.2 Å². The van der Waals surface area contributed by atoms with E-state index >= 15 is 0 Å². The summed E-state index contributed by atoms with van der Waals surface area (Å²) in [4.78, 5) is 128. The lowest BCUT2D eigenvalue weighted by Gasteiger charge is -2.67. The smallest absolute Gasteiger partial charge is 0.340 e. The van der Waals surface area contributed by atoms with Crippen molar-refractivity contribution in [2.45, 2.75) is 129 Å². The Morgan fingerprint density at radius 1 is 0.833 bits per heavy atom. The molecule has 21 heteroatoms. The normalized spacial score (nSPS) is 34.7. The molecule has 0 unspecified atom stereocenters. The summed E-state index contributed by atoms with van der Waals surface area (Å²) in [6.45, 7) is 10.4. The quantitative estimate of drug-likeness (QED) is 0.277. The average Bonchev–Trinajstić information content (AvgIpc) is 3.45. The minimum Gasteiger partial charge on any atom is -0.465 e. The zero-order valence-electron chi connectivity index (χ0n) is 38.3. The maximum Gasteiger partial charge on any atom is 0.340 e. The van der Waals surface area contributed by atoms with Crippen LogP contribution in [-0.2, 0) is 78.4 Å². The molecule has 4 aliphatic rings. The summed E-state index contributed by atoms with van der Waals surface area (Å²) in [6.07, 6.45) is -10.2. The fourth-order valence-corrected chi connectivity index (χ4v) is 10.0. The van der Waals surface area contributed by atoms with E-state index in [1.54, 1.807) is 6.92 Å². The zero-order valence-corrected chi connectivity index (χ0v) is 38.3. The topological polar surface area (TPSA) is 275 Å². The molecule has 1 N–H and O–H groups in total. The third-order valence-corrected chi connectivity index (χ3v) is 13.1. The van der Waals surface area contributed by atoms with Crippen molar-refractivity contribution in [1.29, 1.82) is 0 Å². The summed E-state index contributed by atoms with van der Waals surface area (Å²) < 4.78 is 57.0. The Balaban J connectivity index is 1.81. The van der Waals surface area contributed by atoms with Crippen LogP contribution in [0.2, 0.25) is 0 Å². The fourth-order valence-electron chi connectivity index (χ4n) is 10.0. The predicted octanol–water partition coefficient (Wildman–Crippen LogP) is 1.66. The average molecular weight is 927 g/mol. The number of hydrogen-bond donors (Lipinski definition) is 1. The van der Waals surface area contributed by atoms with Gasteiger partial charge in [0.2, 0.25) is 5.56 Å². The number of aryl methyl sites for hydroxylation is 1. The van der Waals surface area contributed by atoms with Crippen LogP contribution >= 0.6 is 0 Å². The Kier molecular flexibility index (Phi) is 13.3. The molecule has 66 heavy (non-hydrogen) atoms. The minimum atomic E-state index is -2.94. The molecule has 6 rings (SSSR count). The van der Waals surface area contributed by atoms with Crippen molar-refractivity contribution in [2.24, 2.45) is 30.2 Å². The standard InChI is InChI=1S/C45H54N2O19/c1-20(2)38(53)63-32-30-34(60-24(6)49)45-43(10,57)35(65-39(54)22(4)21(3)31-28(13-12-16-46-31)41(56)59-18-42(30,9)66-45)33(64-40(55)27-14-15-29(52)47(11)17-27)37(62-26(8)51)44(45,19-58-23(5)48)36(32)61-25(7)50/h12-17,20-22,30,32-37,57H,18-19H2,1-11H3/t21-,22+,30-,32-,33+,34-,35+,36-,37+,42+,43+,44-,45+/m1/s1. The van der Waals surface area contributed by atoms with Crippen molar-refractivity contribution in [3.8, 4) is 0 Å². The van der Waals surface area contributed by atoms with Crippen molar-refractivity contribution in [3.05, 3.63) is 63.8 Å². The maximum absolute atomic E-state index is 14.7. The van der Waals surface area contributed by atoms with Gasteiger partial charge in [-0.3, -0.25) is 38.5 Å². The molecule has 2 aromatic heterocycles. The molecule has 3 fully saturated rings. The van der Waals surface area contributed by atoms with Crippen molar-refractivity contribution in [1.82, 2.24) is 9.55 Å². The van der Waals surface area contributed by atoms with Gasteiger partial charge in [0.15, 0.2) is 30.0 Å². The summed E-state index contributed by atoms with van der Waals surface area (Å²) in [5.74, 6) is -13.1. The van der Waals surface area contributed by atoms with E-state index in [9.17, 15) is 48.3 Å². The first-order valence-electron chi connectivity index (χ1n) is 21.2. The van der Waals surface area contributed by atoms with Crippen LogP contribution < -0.4 is 5.56 Å². The summed E-state index contributed by atoms with van der Waals surface area (Å²) in [5, 5.41) is 13.8. The van der Waals surface area contributed by atoms with Crippen molar-refractivity contribution in [3.63, 3.8) is 0 Å². The maximum atomic E-state index is 14.7. The van der Waals surface area contributed by atoms with Gasteiger partial charge in [-0.25, -0.2) is 9.59 Å². The van der Waals surface area contributed by atoms with Crippen LogP contribution in [0, 0.1) is 23.2 Å². The Bertz CT molecular complexity index is 2390. The van der Waals surface area contributed by atoms with Gasteiger partial charge < -0.3 is 52.3 Å². The summed E-state index contributed by atoms with van der Waals surface area (Å²) >= 11 is 0. The van der Waals surface area contributed by atoms with Crippen LogP contribution in [-0.4, -0.2) is 129 Å². The first-order chi connectivity index (χ1) is 30.7. The Labute approximate surface area is 378 Å². The summed E-state index contributed by atoms with van der Waals surface area (Å²) in [6, 6.07) is 5.05. The van der Waals surface area contributed by atoms with Gasteiger partial charge in [-0.2, -0.15) is 0 Å². The van der Waals surface area contributed by atoms with Crippen LogP contribution in [0.15, 0.2) is 41.5 Å². The Hall–Kier alpha value is -6.22. The molecule has 2 aromatic rings. The number of aliphatic hydroxyl groups is 1. The number of aromatic nitrogens is 2. The van der Waals surface area contributed by atoms with Gasteiger partial charge in [-0.15, -0.1) is 0 Å². The molecule has 2 aliphatic heterocycles. The van der Waals surface area contributed by atoms with E-state index in [1.807, 2.05) is 0 Å². The lowest BCUT2D eigenvalue weighted by Crippen LogP contribution is -2.89. The second-order valence-corrected chi connectivity index (χ2v) is 18.0. The number of rotatable bonds is 9. The second kappa shape index (κ2) is 17.9. The van der Waals surface area contributed by atoms with Gasteiger partial charge in [-0.1, -0.05) is 27.7 Å². The molecule has 0 aromatic carbocycles. The SMILES string of the molecule is CC(=O)OC[C@]12[C@H](OC(C)=O)[C@H](OC(=O)C(C)C)[C@@H]3[C@@H](OC(C)=O)[C@@]14O[C@@]3(C)COC(=O)c1cccnc1[C@H](C)[C@H](C)C(=O)O[C@@H]([C@H](OC(=O)c1ccc(=O)n(C)c1)[C@@H]2OC(C)=O)[C@]4(C)O. The number of pyridine rings is 2. The molecule has 21 nitrogen and oxygen atoms in total. The van der Waals surface area contributed by atoms with Gasteiger partial charge in [0.25, 0.3) is 0 Å². The van der Waals surface area contributed by atoms with Crippen LogP contribution in [0.3, 0.4) is 0 Å². The van der Waals surface area contributed by atoms with E-state index in [-0.39, 0.29) is 16.8 Å². The van der Waals surface area contributed by atoms with Crippen LogP contribution in [0.1, 0.15) is 102 Å². The molecule has 0 radical (unpaired) electrons. The van der Waals surface area contributed by atoms with Crippen molar-refractivity contribution >= 4 is 47.8 Å². The molecule has 13 atom stereocenters. The monoisotopic (exact) mass is 926 g/mol. The number of carbonyl (C=O) groups is 8. The van der Waals surface area contributed by atoms with Gasteiger partial charge in [-0.05, 0) is 32.0 Å². The lowest BCUT2D eigenvalue weighted by molar-refractivity contribution is -0.386. The second-order valence-electron chi connectivity index (χ2n) is 18.0. The van der Waals surface area contributed by atoms with Gasteiger partial charge in [0.1, 0.15) is 42.0 Å². The molecule has 1 saturated heterocycles. The van der Waals surface area contributed by atoms with Crippen LogP contribution in [0.25, 0.3) is 0 Å². The first kappa shape index (κ1) is 49.2. The van der Waals surface area contributed by atoms with Gasteiger partial charge >= 0.3 is 47.8 Å². The number of cyclic esters (lactones) is 1. The highest BCUT2D eigenvalue weighted by Crippen LogP contribution is 2.70. The fraction of sp³-hybridized carbons (Fsp3) is 0.600. The van der Waals surface area contributed by atoms with Gasteiger partial charge in [0.05, 0.1) is 34.6 Å². The van der Waals surface area contributed by atoms with E-state index < -0.39 is 149 Å². The molecule has 4 heterocycles. The molecule has 1 spiro atoms. The Morgan fingerprint density at radius 2 is 1.44 bits per heavy atom. The van der Waals surface area contributed by atoms with Crippen molar-refractivity contribution < 1.29 is 86.1 Å². The summed E-state index contributed by atoms with van der Waals surface area (Å²) in [7, 11) is 1.35. The van der Waals surface area contributed by atoms with E-state index in [0.717, 1.165) is 57.5 Å². The third-order valence-electron chi connectivity index (χ3n) is 13.1. The predicted molar refractivity (Wildman–Crippen MR) is 220 cm³/mol. The highest BCUT2D eigenvalue weighted by molar-refractivity contribution is 5.91.